The summed E-state index contributed by atoms with van der Waals surface area (Å²) in [4.78, 5) is 11.7. The van der Waals surface area contributed by atoms with Crippen LogP contribution < -0.4 is 0 Å². The van der Waals surface area contributed by atoms with Crippen LogP contribution >= 0.6 is 0 Å². The molecule has 15 N–H and O–H groups in total. The van der Waals surface area contributed by atoms with Crippen molar-refractivity contribution in [1.82, 2.24) is 4.90 Å². The molecular formula is C28H57NO19. The number of carbonyl (C=O) groups is 1. The van der Waals surface area contributed by atoms with Gasteiger partial charge in [0.15, 0.2) is 6.10 Å². The normalized spacial score (nSPS) is 21.3. The number of nitrogens with zero attached hydrogens (tertiary/aromatic N) is 1. The second kappa shape index (κ2) is 24.8. The number of ether oxygens (including phenoxy) is 3. The highest BCUT2D eigenvalue weighted by atomic mass is 16.5. The van der Waals surface area contributed by atoms with Crippen LogP contribution in [0.5, 0.6) is 0 Å². The maximum Gasteiger partial charge on any atom is 0.334 e. The molecule has 20 nitrogen and oxygen atoms in total. The Hall–Kier alpha value is -1.25. The van der Waals surface area contributed by atoms with E-state index in [0.717, 1.165) is 4.90 Å². The van der Waals surface area contributed by atoms with Gasteiger partial charge in [-0.1, -0.05) is 0 Å². The number of carboxylic acid groups (broad SMARTS) is 1. The van der Waals surface area contributed by atoms with Gasteiger partial charge < -0.3 is 90.8 Å². The van der Waals surface area contributed by atoms with Gasteiger partial charge in [0, 0.05) is 32.5 Å². The molecule has 0 aliphatic heterocycles. The predicted octanol–water partition coefficient (Wildman–Crippen LogP) is -7.70. The van der Waals surface area contributed by atoms with E-state index in [4.69, 9.17) is 34.6 Å². The summed E-state index contributed by atoms with van der Waals surface area (Å²) in [7, 11) is 0. The fourth-order valence-electron chi connectivity index (χ4n) is 4.42. The van der Waals surface area contributed by atoms with Gasteiger partial charge in [-0.25, -0.2) is 4.79 Å². The van der Waals surface area contributed by atoms with Gasteiger partial charge in [0.1, 0.15) is 36.6 Å². The largest absolute Gasteiger partial charge is 0.479 e. The Morgan fingerprint density at radius 1 is 0.542 bits per heavy atom. The van der Waals surface area contributed by atoms with Crippen molar-refractivity contribution >= 4 is 5.97 Å². The lowest BCUT2D eigenvalue weighted by Crippen LogP contribution is -2.54. The number of aliphatic carboxylic acids is 1. The highest BCUT2D eigenvalue weighted by Crippen LogP contribution is 2.13. The zero-order valence-electron chi connectivity index (χ0n) is 27.1. The van der Waals surface area contributed by atoms with E-state index in [1.807, 2.05) is 0 Å². The first-order chi connectivity index (χ1) is 22.3. The molecule has 0 bridgehead atoms. The smallest absolute Gasteiger partial charge is 0.334 e. The molecule has 0 saturated heterocycles. The molecule has 0 heterocycles. The lowest BCUT2D eigenvalue weighted by molar-refractivity contribution is -0.150. The standard InChI is InChI=1S/C28H57NO19/c1-14(3-16(32)10-46-13-23(39)28(44)45)47-11-17(33)4-15(2)48-12-18(34)5-29(6-19(35)24(40)26(42)21(37)8-30)7-20(36)25(41)27(43)22(38)9-31/h14-27,30-43H,3-13H2,1-2H3,(H,44,45)/t14?,15?,16?,17?,18?,19-,20-,21+,22+,23?,24+,25+,26+,27+/m0/s1. The summed E-state index contributed by atoms with van der Waals surface area (Å²) in [5.74, 6) is -1.46. The van der Waals surface area contributed by atoms with Crippen molar-refractivity contribution in [3.63, 3.8) is 0 Å². The summed E-state index contributed by atoms with van der Waals surface area (Å²) in [5, 5.41) is 147. The first-order valence-electron chi connectivity index (χ1n) is 15.5. The van der Waals surface area contributed by atoms with Crippen molar-refractivity contribution < 1.29 is 95.6 Å². The van der Waals surface area contributed by atoms with Gasteiger partial charge in [-0.15, -0.1) is 0 Å². The molecule has 0 fully saturated rings. The molecular weight excluding hydrogens is 654 g/mol. The molecule has 0 rings (SSSR count). The molecule has 0 saturated carbocycles. The zero-order valence-corrected chi connectivity index (χ0v) is 27.1. The van der Waals surface area contributed by atoms with Gasteiger partial charge in [-0.3, -0.25) is 4.90 Å². The predicted molar refractivity (Wildman–Crippen MR) is 161 cm³/mol. The minimum absolute atomic E-state index is 0.0495. The molecule has 0 radical (unpaired) electrons. The number of aliphatic hydroxyl groups is 14. The Kier molecular flexibility index (Phi) is 24.2. The molecule has 48 heavy (non-hydrogen) atoms. The van der Waals surface area contributed by atoms with Crippen molar-refractivity contribution in [2.24, 2.45) is 0 Å². The maximum atomic E-state index is 10.6. The summed E-state index contributed by atoms with van der Waals surface area (Å²) >= 11 is 0. The highest BCUT2D eigenvalue weighted by Gasteiger charge is 2.35. The average Bonchev–Trinajstić information content (AvgIpc) is 3.03. The topological polar surface area (TPSA) is 351 Å². The lowest BCUT2D eigenvalue weighted by Gasteiger charge is -2.34. The fourth-order valence-corrected chi connectivity index (χ4v) is 4.42. The van der Waals surface area contributed by atoms with Gasteiger partial charge in [0.05, 0.1) is 82.4 Å². The van der Waals surface area contributed by atoms with Crippen LogP contribution in [0.1, 0.15) is 26.7 Å². The van der Waals surface area contributed by atoms with E-state index in [9.17, 15) is 61.0 Å². The molecule has 6 unspecified atom stereocenters. The van der Waals surface area contributed by atoms with Crippen LogP contribution in [-0.4, -0.2) is 232 Å². The van der Waals surface area contributed by atoms with Crippen LogP contribution in [0.15, 0.2) is 0 Å². The number of carboxylic acids is 1. The van der Waals surface area contributed by atoms with Crippen LogP contribution in [0.3, 0.4) is 0 Å². The van der Waals surface area contributed by atoms with E-state index in [0.29, 0.717) is 0 Å². The molecule has 0 aromatic heterocycles. The molecule has 20 heteroatoms. The minimum Gasteiger partial charge on any atom is -0.479 e. The van der Waals surface area contributed by atoms with Gasteiger partial charge >= 0.3 is 5.97 Å². The minimum atomic E-state index is -1.99. The van der Waals surface area contributed by atoms with E-state index in [1.165, 1.54) is 0 Å². The van der Waals surface area contributed by atoms with E-state index in [2.05, 4.69) is 0 Å². The van der Waals surface area contributed by atoms with Crippen molar-refractivity contribution in [2.75, 3.05) is 59.3 Å². The molecule has 0 aliphatic carbocycles. The Morgan fingerprint density at radius 2 is 0.917 bits per heavy atom. The first-order valence-corrected chi connectivity index (χ1v) is 15.5. The molecule has 0 aromatic rings. The molecule has 14 atom stereocenters. The molecule has 0 aromatic carbocycles. The Morgan fingerprint density at radius 3 is 1.31 bits per heavy atom. The van der Waals surface area contributed by atoms with Crippen LogP contribution in [0.4, 0.5) is 0 Å². The molecule has 288 valence electrons. The monoisotopic (exact) mass is 711 g/mol. The number of hydrogen-bond acceptors (Lipinski definition) is 19. The Bertz CT molecular complexity index is 802. The van der Waals surface area contributed by atoms with E-state index in [-0.39, 0.29) is 39.2 Å². The summed E-state index contributed by atoms with van der Waals surface area (Å²) in [6, 6.07) is 0. The summed E-state index contributed by atoms with van der Waals surface area (Å²) in [5.41, 5.74) is 0. The maximum absolute atomic E-state index is 10.6. The summed E-state index contributed by atoms with van der Waals surface area (Å²) in [6.45, 7) is -1.42. The number of rotatable bonds is 29. The lowest BCUT2D eigenvalue weighted by atomic mass is 10.0. The van der Waals surface area contributed by atoms with Crippen molar-refractivity contribution in [1.29, 1.82) is 0 Å². The van der Waals surface area contributed by atoms with Crippen LogP contribution in [0.25, 0.3) is 0 Å². The first kappa shape index (κ1) is 46.8. The van der Waals surface area contributed by atoms with Gasteiger partial charge in [0.25, 0.3) is 0 Å². The third-order valence-corrected chi connectivity index (χ3v) is 7.24. The van der Waals surface area contributed by atoms with Crippen LogP contribution in [-0.2, 0) is 19.0 Å². The third kappa shape index (κ3) is 19.2. The third-order valence-electron chi connectivity index (χ3n) is 7.24. The Balaban J connectivity index is 4.98. The second-order valence-corrected chi connectivity index (χ2v) is 11.9. The van der Waals surface area contributed by atoms with Gasteiger partial charge in [-0.2, -0.15) is 0 Å². The number of aliphatic hydroxyl groups excluding tert-OH is 14. The number of hydrogen-bond donors (Lipinski definition) is 15. The van der Waals surface area contributed by atoms with E-state index in [1.54, 1.807) is 13.8 Å². The average molecular weight is 712 g/mol. The zero-order chi connectivity index (χ0) is 37.1. The van der Waals surface area contributed by atoms with Crippen LogP contribution in [0, 0.1) is 0 Å². The summed E-state index contributed by atoms with van der Waals surface area (Å²) in [6.07, 6.45) is -21.3. The van der Waals surface area contributed by atoms with Crippen LogP contribution in [0.2, 0.25) is 0 Å². The molecule has 0 amide bonds. The van der Waals surface area contributed by atoms with Gasteiger partial charge in [-0.05, 0) is 13.8 Å². The second-order valence-electron chi connectivity index (χ2n) is 11.9. The fraction of sp³-hybridized carbons (Fsp3) is 0.964. The molecule has 0 spiro atoms. The van der Waals surface area contributed by atoms with Gasteiger partial charge in [0.2, 0.25) is 0 Å². The van der Waals surface area contributed by atoms with Crippen molar-refractivity contribution in [3.8, 4) is 0 Å². The van der Waals surface area contributed by atoms with Crippen molar-refractivity contribution in [3.05, 3.63) is 0 Å². The van der Waals surface area contributed by atoms with E-state index < -0.39 is 124 Å². The molecule has 0 aliphatic rings. The van der Waals surface area contributed by atoms with Crippen molar-refractivity contribution in [2.45, 2.75) is 112 Å². The highest BCUT2D eigenvalue weighted by molar-refractivity contribution is 5.71. The summed E-state index contributed by atoms with van der Waals surface area (Å²) < 4.78 is 16.0. The Labute approximate surface area is 278 Å². The van der Waals surface area contributed by atoms with E-state index >= 15 is 0 Å². The quantitative estimate of drug-likeness (QED) is 0.0342. The SMILES string of the molecule is CC(CC(O)COCC(O)C(=O)O)OCC(O)CC(C)OCC(O)CN(C[C@H](O)[C@@H](O)[C@H](O)[C@H](O)CO)C[C@H](O)[C@@H](O)[C@H](O)[C@H](O)CO.